The lowest BCUT2D eigenvalue weighted by molar-refractivity contribution is 0.0595. The molecule has 6 heteroatoms. The Morgan fingerprint density at radius 3 is 2.69 bits per heavy atom. The van der Waals surface area contributed by atoms with Gasteiger partial charge in [0.05, 0.1) is 22.7 Å². The van der Waals surface area contributed by atoms with Gasteiger partial charge in [-0.1, -0.05) is 23.2 Å². The topological polar surface area (TPSA) is 42.1 Å². The van der Waals surface area contributed by atoms with Crippen LogP contribution in [0.4, 0.5) is 4.39 Å². The molecule has 2 rings (SSSR count). The Bertz CT molecular complexity index is 580. The molecule has 1 aromatic carbocycles. The van der Waals surface area contributed by atoms with Crippen molar-refractivity contribution >= 4 is 40.1 Å². The van der Waals surface area contributed by atoms with Crippen LogP contribution in [-0.4, -0.2) is 18.1 Å². The van der Waals surface area contributed by atoms with E-state index in [0.717, 1.165) is 0 Å². The maximum absolute atomic E-state index is 13.6. The molecule has 0 radical (unpaired) electrons. The third kappa shape index (κ3) is 1.64. The molecule has 0 bridgehead atoms. The van der Waals surface area contributed by atoms with Crippen molar-refractivity contribution in [1.29, 1.82) is 0 Å². The van der Waals surface area contributed by atoms with Crippen molar-refractivity contribution in [1.82, 2.24) is 4.98 Å². The predicted octanol–water partition coefficient (Wildman–Crippen LogP) is 3.40. The number of rotatable bonds is 1. The Labute approximate surface area is 100 Å². The van der Waals surface area contributed by atoms with Gasteiger partial charge in [0.25, 0.3) is 0 Å². The second-order valence-corrected chi connectivity index (χ2v) is 3.93. The standard InChI is InChI=1S/C10H6Cl2FNO2/c1-16-10(15)7-2-4-5(11)3-6(12)8(13)9(4)14-7/h2-3,14H,1H3. The molecule has 16 heavy (non-hydrogen) atoms. The van der Waals surface area contributed by atoms with E-state index in [1.54, 1.807) is 0 Å². The number of fused-ring (bicyclic) bond motifs is 1. The highest BCUT2D eigenvalue weighted by atomic mass is 35.5. The first-order chi connectivity index (χ1) is 7.54. The van der Waals surface area contributed by atoms with Crippen molar-refractivity contribution in [2.24, 2.45) is 0 Å². The molecule has 0 saturated heterocycles. The highest BCUT2D eigenvalue weighted by molar-refractivity contribution is 6.38. The number of aromatic amines is 1. The fourth-order valence-electron chi connectivity index (χ4n) is 1.41. The fraction of sp³-hybridized carbons (Fsp3) is 0.100. The van der Waals surface area contributed by atoms with Gasteiger partial charge in [-0.25, -0.2) is 9.18 Å². The number of methoxy groups -OCH3 is 1. The van der Waals surface area contributed by atoms with Crippen LogP contribution in [0.1, 0.15) is 10.5 Å². The molecule has 3 nitrogen and oxygen atoms in total. The number of halogens is 3. The van der Waals surface area contributed by atoms with Crippen LogP contribution >= 0.6 is 23.2 Å². The van der Waals surface area contributed by atoms with E-state index in [-0.39, 0.29) is 21.3 Å². The van der Waals surface area contributed by atoms with Crippen LogP contribution in [0.15, 0.2) is 12.1 Å². The van der Waals surface area contributed by atoms with Gasteiger partial charge >= 0.3 is 5.97 Å². The maximum Gasteiger partial charge on any atom is 0.354 e. The van der Waals surface area contributed by atoms with Crippen LogP contribution in [0.3, 0.4) is 0 Å². The lowest BCUT2D eigenvalue weighted by atomic mass is 10.2. The molecule has 0 aliphatic carbocycles. The van der Waals surface area contributed by atoms with E-state index in [1.165, 1.54) is 19.2 Å². The van der Waals surface area contributed by atoms with Crippen molar-refractivity contribution in [2.75, 3.05) is 7.11 Å². The van der Waals surface area contributed by atoms with Crippen molar-refractivity contribution in [2.45, 2.75) is 0 Å². The summed E-state index contributed by atoms with van der Waals surface area (Å²) in [6.07, 6.45) is 0. The molecule has 0 aliphatic rings. The van der Waals surface area contributed by atoms with Crippen LogP contribution in [-0.2, 0) is 4.74 Å². The highest BCUT2D eigenvalue weighted by Gasteiger charge is 2.16. The van der Waals surface area contributed by atoms with E-state index in [4.69, 9.17) is 23.2 Å². The van der Waals surface area contributed by atoms with Crippen molar-refractivity contribution < 1.29 is 13.9 Å². The number of hydrogen-bond donors (Lipinski definition) is 1. The maximum atomic E-state index is 13.6. The summed E-state index contributed by atoms with van der Waals surface area (Å²) in [5, 5.41) is 0.563. The number of benzene rings is 1. The number of carbonyl (C=O) groups excluding carboxylic acids is 1. The summed E-state index contributed by atoms with van der Waals surface area (Å²) in [7, 11) is 1.23. The summed E-state index contributed by atoms with van der Waals surface area (Å²) in [6.45, 7) is 0. The largest absolute Gasteiger partial charge is 0.464 e. The van der Waals surface area contributed by atoms with Gasteiger partial charge in [-0.05, 0) is 12.1 Å². The molecule has 0 unspecified atom stereocenters. The van der Waals surface area contributed by atoms with Gasteiger partial charge in [0, 0.05) is 5.39 Å². The molecule has 1 aromatic heterocycles. The van der Waals surface area contributed by atoms with Crippen LogP contribution in [0.25, 0.3) is 10.9 Å². The van der Waals surface area contributed by atoms with Crippen molar-refractivity contribution in [3.8, 4) is 0 Å². The fourth-order valence-corrected chi connectivity index (χ4v) is 1.93. The summed E-state index contributed by atoms with van der Waals surface area (Å²) in [5.41, 5.74) is 0.221. The average Bonchev–Trinajstić information content (AvgIpc) is 2.70. The van der Waals surface area contributed by atoms with Crippen molar-refractivity contribution in [3.63, 3.8) is 0 Å². The zero-order chi connectivity index (χ0) is 11.9. The van der Waals surface area contributed by atoms with E-state index < -0.39 is 11.8 Å². The smallest absolute Gasteiger partial charge is 0.354 e. The van der Waals surface area contributed by atoms with E-state index >= 15 is 0 Å². The zero-order valence-electron chi connectivity index (χ0n) is 8.11. The minimum Gasteiger partial charge on any atom is -0.464 e. The molecule has 0 aliphatic heterocycles. The molecule has 0 spiro atoms. The monoisotopic (exact) mass is 261 g/mol. The van der Waals surface area contributed by atoms with Crippen LogP contribution < -0.4 is 0 Å². The Morgan fingerprint density at radius 2 is 2.06 bits per heavy atom. The van der Waals surface area contributed by atoms with Gasteiger partial charge in [0.1, 0.15) is 5.69 Å². The van der Waals surface area contributed by atoms with Gasteiger partial charge < -0.3 is 9.72 Å². The average molecular weight is 262 g/mol. The van der Waals surface area contributed by atoms with Crippen LogP contribution in [0, 0.1) is 5.82 Å². The van der Waals surface area contributed by atoms with E-state index in [9.17, 15) is 9.18 Å². The summed E-state index contributed by atoms with van der Waals surface area (Å²) >= 11 is 11.5. The molecule has 0 amide bonds. The Kier molecular flexibility index (Phi) is 2.78. The summed E-state index contributed by atoms with van der Waals surface area (Å²) < 4.78 is 18.1. The SMILES string of the molecule is COC(=O)c1cc2c(Cl)cc(Cl)c(F)c2[nH]1. The van der Waals surface area contributed by atoms with E-state index in [0.29, 0.717) is 5.39 Å². The van der Waals surface area contributed by atoms with Gasteiger partial charge in [-0.15, -0.1) is 0 Å². The Morgan fingerprint density at radius 1 is 1.38 bits per heavy atom. The lowest BCUT2D eigenvalue weighted by Gasteiger charge is -1.98. The first kappa shape index (κ1) is 11.2. The predicted molar refractivity (Wildman–Crippen MR) is 59.6 cm³/mol. The molecular formula is C10H6Cl2FNO2. The summed E-state index contributed by atoms with van der Waals surface area (Å²) in [6, 6.07) is 2.71. The van der Waals surface area contributed by atoms with Gasteiger partial charge in [0.2, 0.25) is 0 Å². The number of aromatic nitrogens is 1. The lowest BCUT2D eigenvalue weighted by Crippen LogP contribution is -2.00. The Balaban J connectivity index is 2.74. The highest BCUT2D eigenvalue weighted by Crippen LogP contribution is 2.31. The number of carbonyl (C=O) groups is 1. The molecule has 1 N–H and O–H groups in total. The van der Waals surface area contributed by atoms with Crippen LogP contribution in [0.2, 0.25) is 10.0 Å². The minimum absolute atomic E-state index is 0.0953. The zero-order valence-corrected chi connectivity index (χ0v) is 9.62. The number of esters is 1. The number of hydrogen-bond acceptors (Lipinski definition) is 2. The molecule has 0 atom stereocenters. The third-order valence-electron chi connectivity index (χ3n) is 2.16. The molecule has 84 valence electrons. The Hall–Kier alpha value is -1.26. The van der Waals surface area contributed by atoms with Gasteiger partial charge in [-0.3, -0.25) is 0 Å². The third-order valence-corrected chi connectivity index (χ3v) is 2.75. The summed E-state index contributed by atoms with van der Waals surface area (Å²) in [4.78, 5) is 13.8. The number of ether oxygens (including phenoxy) is 1. The second-order valence-electron chi connectivity index (χ2n) is 3.12. The summed E-state index contributed by atoms with van der Waals surface area (Å²) in [5.74, 6) is -1.24. The normalized spacial score (nSPS) is 10.8. The molecule has 2 aromatic rings. The number of H-pyrrole nitrogens is 1. The van der Waals surface area contributed by atoms with Crippen LogP contribution in [0.5, 0.6) is 0 Å². The number of nitrogens with one attached hydrogen (secondary N) is 1. The minimum atomic E-state index is -0.642. The second kappa shape index (κ2) is 3.96. The molecule has 0 saturated carbocycles. The quantitative estimate of drug-likeness (QED) is 0.632. The molecule has 0 fully saturated rings. The first-order valence-corrected chi connectivity index (χ1v) is 5.04. The van der Waals surface area contributed by atoms with Gasteiger partial charge in [0.15, 0.2) is 5.82 Å². The van der Waals surface area contributed by atoms with E-state index in [1.807, 2.05) is 0 Å². The molecular weight excluding hydrogens is 256 g/mol. The van der Waals surface area contributed by atoms with E-state index in [2.05, 4.69) is 9.72 Å². The molecule has 1 heterocycles. The van der Waals surface area contributed by atoms with Crippen molar-refractivity contribution in [3.05, 3.63) is 33.7 Å². The first-order valence-electron chi connectivity index (χ1n) is 4.29. The van der Waals surface area contributed by atoms with Gasteiger partial charge in [-0.2, -0.15) is 0 Å².